The van der Waals surface area contributed by atoms with E-state index in [1.165, 1.54) is 0 Å². The predicted octanol–water partition coefficient (Wildman–Crippen LogP) is -0.101. The predicted molar refractivity (Wildman–Crippen MR) is 50.1 cm³/mol. The Balaban J connectivity index is 2.55. The minimum atomic E-state index is -2.87. The molecule has 1 aliphatic heterocycles. The first kappa shape index (κ1) is 10.5. The van der Waals surface area contributed by atoms with Gasteiger partial charge >= 0.3 is 0 Å². The minimum absolute atomic E-state index is 0.0409. The average Bonchev–Trinajstić information content (AvgIpc) is 2.03. The van der Waals surface area contributed by atoms with Crippen LogP contribution in [0.3, 0.4) is 0 Å². The van der Waals surface area contributed by atoms with Crippen LogP contribution in [-0.2, 0) is 14.6 Å². The molecule has 0 saturated carbocycles. The quantitative estimate of drug-likeness (QED) is 0.600. The van der Waals surface area contributed by atoms with Gasteiger partial charge in [0.15, 0.2) is 9.84 Å². The molecule has 1 amide bonds. The summed E-state index contributed by atoms with van der Waals surface area (Å²) >= 11 is 0. The van der Waals surface area contributed by atoms with Crippen LogP contribution in [0.5, 0.6) is 0 Å². The van der Waals surface area contributed by atoms with Crippen LogP contribution in [0.15, 0.2) is 0 Å². The molecule has 0 aromatic carbocycles. The van der Waals surface area contributed by atoms with E-state index in [-0.39, 0.29) is 23.3 Å². The number of hydrogen-bond donors (Lipinski definition) is 0. The van der Waals surface area contributed by atoms with E-state index < -0.39 is 9.84 Å². The highest BCUT2D eigenvalue weighted by molar-refractivity contribution is 7.91. The number of rotatable bonds is 1. The summed E-state index contributed by atoms with van der Waals surface area (Å²) in [6.07, 6.45) is 0. The van der Waals surface area contributed by atoms with Crippen LogP contribution in [0.25, 0.3) is 0 Å². The van der Waals surface area contributed by atoms with Crippen molar-refractivity contribution in [2.24, 2.45) is 5.92 Å². The molecule has 0 aromatic rings. The highest BCUT2D eigenvalue weighted by atomic mass is 32.2. The van der Waals surface area contributed by atoms with E-state index in [9.17, 15) is 13.2 Å². The molecule has 1 heterocycles. The second-order valence-corrected chi connectivity index (χ2v) is 5.94. The van der Waals surface area contributed by atoms with Crippen molar-refractivity contribution in [2.45, 2.75) is 13.8 Å². The lowest BCUT2D eigenvalue weighted by molar-refractivity contribution is -0.134. The Morgan fingerprint density at radius 1 is 1.23 bits per heavy atom. The second kappa shape index (κ2) is 3.65. The van der Waals surface area contributed by atoms with Crippen molar-refractivity contribution in [1.82, 2.24) is 4.90 Å². The Morgan fingerprint density at radius 3 is 2.08 bits per heavy atom. The maximum atomic E-state index is 11.4. The number of hydrogen-bond acceptors (Lipinski definition) is 3. The smallest absolute Gasteiger partial charge is 0.225 e. The molecule has 5 heteroatoms. The van der Waals surface area contributed by atoms with Crippen molar-refractivity contribution in [2.75, 3.05) is 24.6 Å². The maximum Gasteiger partial charge on any atom is 0.225 e. The highest BCUT2D eigenvalue weighted by Crippen LogP contribution is 2.07. The molecule has 0 unspecified atom stereocenters. The van der Waals surface area contributed by atoms with Gasteiger partial charge in [-0.3, -0.25) is 4.79 Å². The van der Waals surface area contributed by atoms with Gasteiger partial charge in [-0.15, -0.1) is 0 Å². The molecular weight excluding hydrogens is 190 g/mol. The summed E-state index contributed by atoms with van der Waals surface area (Å²) in [5.74, 6) is 0.243. The van der Waals surface area contributed by atoms with E-state index >= 15 is 0 Å². The fraction of sp³-hybridized carbons (Fsp3) is 0.875. The normalized spacial score (nSPS) is 21.9. The Kier molecular flexibility index (Phi) is 2.95. The molecule has 0 atom stereocenters. The molecule has 1 fully saturated rings. The minimum Gasteiger partial charge on any atom is -0.340 e. The molecule has 1 rings (SSSR count). The summed E-state index contributed by atoms with van der Waals surface area (Å²) in [5.41, 5.74) is 0. The monoisotopic (exact) mass is 205 g/mol. The third kappa shape index (κ3) is 2.69. The lowest BCUT2D eigenvalue weighted by atomic mass is 10.2. The first-order chi connectivity index (χ1) is 5.92. The molecule has 0 aliphatic carbocycles. The lowest BCUT2D eigenvalue weighted by Crippen LogP contribution is -2.45. The van der Waals surface area contributed by atoms with Gasteiger partial charge in [-0.05, 0) is 0 Å². The number of amides is 1. The molecule has 1 aliphatic rings. The molecule has 13 heavy (non-hydrogen) atoms. The van der Waals surface area contributed by atoms with Gasteiger partial charge in [0, 0.05) is 19.0 Å². The number of carbonyl (C=O) groups excluding carboxylic acids is 1. The van der Waals surface area contributed by atoms with E-state index in [2.05, 4.69) is 0 Å². The zero-order valence-electron chi connectivity index (χ0n) is 7.99. The third-order valence-electron chi connectivity index (χ3n) is 2.15. The van der Waals surface area contributed by atoms with E-state index in [0.29, 0.717) is 13.1 Å². The van der Waals surface area contributed by atoms with Crippen LogP contribution in [0, 0.1) is 5.92 Å². The van der Waals surface area contributed by atoms with Gasteiger partial charge in [0.1, 0.15) is 0 Å². The molecule has 1 saturated heterocycles. The van der Waals surface area contributed by atoms with Crippen molar-refractivity contribution in [3.63, 3.8) is 0 Å². The van der Waals surface area contributed by atoms with Gasteiger partial charge in [-0.2, -0.15) is 0 Å². The first-order valence-electron chi connectivity index (χ1n) is 4.41. The van der Waals surface area contributed by atoms with Gasteiger partial charge in [0.25, 0.3) is 0 Å². The van der Waals surface area contributed by atoms with Crippen molar-refractivity contribution < 1.29 is 13.2 Å². The third-order valence-corrected chi connectivity index (χ3v) is 3.76. The van der Waals surface area contributed by atoms with E-state index in [4.69, 9.17) is 0 Å². The Hall–Kier alpha value is -0.580. The molecular formula is C8H15NO3S. The summed E-state index contributed by atoms with van der Waals surface area (Å²) in [5, 5.41) is 0. The molecule has 0 N–H and O–H groups in total. The Labute approximate surface area is 78.8 Å². The van der Waals surface area contributed by atoms with Crippen LogP contribution in [0.4, 0.5) is 0 Å². The SMILES string of the molecule is CC(C)C(=O)N1CCS(=O)(=O)CC1. The Bertz CT molecular complexity index is 281. The molecule has 0 radical (unpaired) electrons. The zero-order chi connectivity index (χ0) is 10.1. The molecule has 0 aromatic heterocycles. The maximum absolute atomic E-state index is 11.4. The highest BCUT2D eigenvalue weighted by Gasteiger charge is 2.25. The summed E-state index contributed by atoms with van der Waals surface area (Å²) < 4.78 is 22.1. The van der Waals surface area contributed by atoms with Crippen molar-refractivity contribution >= 4 is 15.7 Å². The molecule has 0 bridgehead atoms. The van der Waals surface area contributed by atoms with Gasteiger partial charge in [0.2, 0.25) is 5.91 Å². The van der Waals surface area contributed by atoms with Gasteiger partial charge in [-0.1, -0.05) is 13.8 Å². The van der Waals surface area contributed by atoms with Gasteiger partial charge in [-0.25, -0.2) is 8.42 Å². The van der Waals surface area contributed by atoms with Gasteiger partial charge in [0.05, 0.1) is 11.5 Å². The number of nitrogens with zero attached hydrogens (tertiary/aromatic N) is 1. The topological polar surface area (TPSA) is 54.5 Å². The van der Waals surface area contributed by atoms with Crippen LogP contribution in [0.1, 0.15) is 13.8 Å². The first-order valence-corrected chi connectivity index (χ1v) is 6.24. The van der Waals surface area contributed by atoms with E-state index in [0.717, 1.165) is 0 Å². The average molecular weight is 205 g/mol. The second-order valence-electron chi connectivity index (χ2n) is 3.63. The molecule has 76 valence electrons. The number of carbonyl (C=O) groups is 1. The largest absolute Gasteiger partial charge is 0.340 e. The van der Waals surface area contributed by atoms with E-state index in [1.54, 1.807) is 4.90 Å². The van der Waals surface area contributed by atoms with Crippen molar-refractivity contribution in [1.29, 1.82) is 0 Å². The summed E-state index contributed by atoms with van der Waals surface area (Å²) in [6, 6.07) is 0. The van der Waals surface area contributed by atoms with E-state index in [1.807, 2.05) is 13.8 Å². The Morgan fingerprint density at radius 2 is 1.69 bits per heavy atom. The lowest BCUT2D eigenvalue weighted by Gasteiger charge is -2.28. The standard InChI is InChI=1S/C8H15NO3S/c1-7(2)8(10)9-3-5-13(11,12)6-4-9/h7H,3-6H2,1-2H3. The molecule has 0 spiro atoms. The summed E-state index contributed by atoms with van der Waals surface area (Å²) in [4.78, 5) is 13.1. The van der Waals surface area contributed by atoms with Crippen LogP contribution < -0.4 is 0 Å². The van der Waals surface area contributed by atoms with Crippen LogP contribution >= 0.6 is 0 Å². The van der Waals surface area contributed by atoms with Crippen LogP contribution in [-0.4, -0.2) is 43.8 Å². The fourth-order valence-corrected chi connectivity index (χ4v) is 2.50. The van der Waals surface area contributed by atoms with Gasteiger partial charge < -0.3 is 4.90 Å². The zero-order valence-corrected chi connectivity index (χ0v) is 8.80. The van der Waals surface area contributed by atoms with Crippen LogP contribution in [0.2, 0.25) is 0 Å². The number of sulfone groups is 1. The molecule has 4 nitrogen and oxygen atoms in total. The summed E-state index contributed by atoms with van der Waals surface area (Å²) in [6.45, 7) is 4.37. The van der Waals surface area contributed by atoms with Crippen molar-refractivity contribution in [3.05, 3.63) is 0 Å². The summed E-state index contributed by atoms with van der Waals surface area (Å²) in [7, 11) is -2.87. The van der Waals surface area contributed by atoms with Crippen molar-refractivity contribution in [3.8, 4) is 0 Å². The fourth-order valence-electron chi connectivity index (χ4n) is 1.30.